The molecule has 1 aliphatic carbocycles. The maximum absolute atomic E-state index is 2.34. The minimum absolute atomic E-state index is 0.0472. The van der Waals surface area contributed by atoms with E-state index < -0.39 is 0 Å². The van der Waals surface area contributed by atoms with Crippen LogP contribution in [0.25, 0.3) is 11.1 Å². The van der Waals surface area contributed by atoms with E-state index in [1.165, 1.54) is 44.5 Å². The van der Waals surface area contributed by atoms with Crippen LogP contribution in [-0.4, -0.2) is 0 Å². The highest BCUT2D eigenvalue weighted by molar-refractivity contribution is 5.83. The molecule has 0 saturated carbocycles. The lowest BCUT2D eigenvalue weighted by Gasteiger charge is -2.39. The highest BCUT2D eigenvalue weighted by Crippen LogP contribution is 2.56. The van der Waals surface area contributed by atoms with Crippen LogP contribution in [0, 0.1) is 11.8 Å². The molecule has 0 radical (unpaired) electrons. The van der Waals surface area contributed by atoms with Gasteiger partial charge in [-0.05, 0) is 56.3 Å². The fourth-order valence-electron chi connectivity index (χ4n) is 7.84. The van der Waals surface area contributed by atoms with E-state index in [4.69, 9.17) is 0 Å². The molecule has 6 aromatic carbocycles. The maximum Gasteiger partial charge on any atom is 0.0486 e. The largest absolute Gasteiger partial charge is 0.0622 e. The first-order valence-corrected chi connectivity index (χ1v) is 15.9. The molecule has 0 N–H and O–H groups in total. The lowest BCUT2D eigenvalue weighted by atomic mass is 9.63. The average molecular weight is 571 g/mol. The summed E-state index contributed by atoms with van der Waals surface area (Å²) >= 11 is 0. The van der Waals surface area contributed by atoms with Gasteiger partial charge < -0.3 is 0 Å². The quantitative estimate of drug-likeness (QED) is 0.175. The topological polar surface area (TPSA) is 0 Å². The monoisotopic (exact) mass is 570 g/mol. The van der Waals surface area contributed by atoms with Crippen molar-refractivity contribution in [2.45, 2.75) is 38.5 Å². The molecule has 1 aliphatic rings. The highest BCUT2D eigenvalue weighted by atomic mass is 14.5. The molecule has 0 atom stereocenters. The second kappa shape index (κ2) is 12.5. The van der Waals surface area contributed by atoms with Gasteiger partial charge in [0.15, 0.2) is 0 Å². The van der Waals surface area contributed by atoms with Crippen LogP contribution in [0.1, 0.15) is 61.1 Å². The molecule has 0 unspecified atom stereocenters. The Labute approximate surface area is 264 Å². The van der Waals surface area contributed by atoms with Crippen LogP contribution in [0.2, 0.25) is 0 Å². The molecule has 6 aromatic rings. The fraction of sp³-hybridized carbons (Fsp3) is 0.182. The van der Waals surface area contributed by atoms with Gasteiger partial charge in [-0.15, -0.1) is 0 Å². The van der Waals surface area contributed by atoms with Gasteiger partial charge in [0.25, 0.3) is 0 Å². The number of rotatable bonds is 6. The van der Waals surface area contributed by atoms with Crippen LogP contribution in [0.4, 0.5) is 0 Å². The molecular weight excluding hydrogens is 528 g/mol. The van der Waals surface area contributed by atoms with Gasteiger partial charge in [0.2, 0.25) is 0 Å². The molecule has 0 heteroatoms. The maximum atomic E-state index is 2.34. The molecular formula is C44H42. The molecule has 0 aromatic heterocycles. The lowest BCUT2D eigenvalue weighted by Crippen LogP contribution is -2.35. The zero-order valence-corrected chi connectivity index (χ0v) is 26.3. The van der Waals surface area contributed by atoms with Crippen LogP contribution in [0.15, 0.2) is 170 Å². The Hall–Kier alpha value is -4.68. The molecule has 0 nitrogen and oxygen atoms in total. The Morgan fingerprint density at radius 3 is 1.05 bits per heavy atom. The number of benzene rings is 6. The Morgan fingerprint density at radius 1 is 0.386 bits per heavy atom. The van der Waals surface area contributed by atoms with Crippen LogP contribution in [0.5, 0.6) is 0 Å². The smallest absolute Gasteiger partial charge is 0.0486 e. The molecule has 0 amide bonds. The first-order valence-electron chi connectivity index (χ1n) is 15.9. The summed E-state index contributed by atoms with van der Waals surface area (Å²) in [6, 6.07) is 61.3. The van der Waals surface area contributed by atoms with E-state index in [-0.39, 0.29) is 10.8 Å². The summed E-state index contributed by atoms with van der Waals surface area (Å²) in [7, 11) is 0. The average Bonchev–Trinajstić information content (AvgIpc) is 3.39. The van der Waals surface area contributed by atoms with E-state index in [0.717, 1.165) is 0 Å². The molecule has 0 bridgehead atoms. The van der Waals surface area contributed by atoms with Crippen LogP contribution < -0.4 is 0 Å². The van der Waals surface area contributed by atoms with E-state index in [2.05, 4.69) is 198 Å². The Balaban J connectivity index is 0.000000156. The van der Waals surface area contributed by atoms with Gasteiger partial charge in [-0.1, -0.05) is 198 Å². The second-order valence-corrected chi connectivity index (χ2v) is 12.5. The van der Waals surface area contributed by atoms with Crippen molar-refractivity contribution in [1.82, 2.24) is 0 Å². The summed E-state index contributed by atoms with van der Waals surface area (Å²) in [6.07, 6.45) is 0. The number of hydrogen-bond acceptors (Lipinski definition) is 0. The molecule has 0 fully saturated rings. The molecule has 0 spiro atoms. The van der Waals surface area contributed by atoms with Gasteiger partial charge in [0, 0.05) is 10.8 Å². The van der Waals surface area contributed by atoms with Gasteiger partial charge in [-0.25, -0.2) is 0 Å². The SMILES string of the molecule is CC(C)C(c1ccccc1)(c1ccccc1)c1ccccc1.CC(C)C1(c2ccccc2)c2ccccc2-c2ccccc21. The van der Waals surface area contributed by atoms with E-state index in [1.807, 2.05) is 0 Å². The van der Waals surface area contributed by atoms with Crippen molar-refractivity contribution in [3.05, 3.63) is 203 Å². The lowest BCUT2D eigenvalue weighted by molar-refractivity contribution is 0.438. The molecule has 218 valence electrons. The third-order valence-electron chi connectivity index (χ3n) is 9.64. The van der Waals surface area contributed by atoms with Gasteiger partial charge in [-0.2, -0.15) is 0 Å². The van der Waals surface area contributed by atoms with Crippen LogP contribution in [0.3, 0.4) is 0 Å². The predicted octanol–water partition coefficient (Wildman–Crippen LogP) is 11.3. The number of hydrogen-bond donors (Lipinski definition) is 0. The fourth-order valence-corrected chi connectivity index (χ4v) is 7.84. The third-order valence-corrected chi connectivity index (χ3v) is 9.64. The van der Waals surface area contributed by atoms with E-state index in [1.54, 1.807) is 0 Å². The molecule has 0 aliphatic heterocycles. The molecule has 0 saturated heterocycles. The molecule has 7 rings (SSSR count). The summed E-state index contributed by atoms with van der Waals surface area (Å²) in [4.78, 5) is 0. The van der Waals surface area contributed by atoms with E-state index in [9.17, 15) is 0 Å². The zero-order chi connectivity index (χ0) is 30.6. The van der Waals surface area contributed by atoms with Crippen molar-refractivity contribution in [3.63, 3.8) is 0 Å². The minimum atomic E-state index is -0.121. The van der Waals surface area contributed by atoms with Crippen molar-refractivity contribution in [1.29, 1.82) is 0 Å². The van der Waals surface area contributed by atoms with E-state index >= 15 is 0 Å². The molecule has 44 heavy (non-hydrogen) atoms. The van der Waals surface area contributed by atoms with Crippen molar-refractivity contribution in [3.8, 4) is 11.1 Å². The standard InChI is InChI=1S/C22H20.C22H22/c1-16(2)22(17-10-4-3-5-11-17)20-14-8-6-12-18(20)19-13-7-9-15-21(19)22;1-18(2)22(19-12-6-3-7-13-19,20-14-8-4-9-15-20)21-16-10-5-11-17-21/h3-16H,1-2H3;3-18H,1-2H3. The van der Waals surface area contributed by atoms with E-state index in [0.29, 0.717) is 11.8 Å². The summed E-state index contributed by atoms with van der Waals surface area (Å²) < 4.78 is 0. The highest BCUT2D eigenvalue weighted by Gasteiger charge is 2.46. The summed E-state index contributed by atoms with van der Waals surface area (Å²) in [5.74, 6) is 0.930. The van der Waals surface area contributed by atoms with Crippen LogP contribution >= 0.6 is 0 Å². The van der Waals surface area contributed by atoms with Crippen molar-refractivity contribution in [2.75, 3.05) is 0 Å². The minimum Gasteiger partial charge on any atom is -0.0622 e. The summed E-state index contributed by atoms with van der Waals surface area (Å²) in [6.45, 7) is 9.30. The van der Waals surface area contributed by atoms with Gasteiger partial charge in [0.1, 0.15) is 0 Å². The Morgan fingerprint density at radius 2 is 0.705 bits per heavy atom. The Kier molecular flexibility index (Phi) is 8.36. The zero-order valence-electron chi connectivity index (χ0n) is 26.3. The van der Waals surface area contributed by atoms with Crippen molar-refractivity contribution >= 4 is 0 Å². The second-order valence-electron chi connectivity index (χ2n) is 12.5. The summed E-state index contributed by atoms with van der Waals surface area (Å²) in [5.41, 5.74) is 10.9. The first-order chi connectivity index (χ1) is 21.5. The molecule has 0 heterocycles. The van der Waals surface area contributed by atoms with Crippen LogP contribution in [-0.2, 0) is 10.8 Å². The van der Waals surface area contributed by atoms with Gasteiger partial charge in [-0.3, -0.25) is 0 Å². The third kappa shape index (κ3) is 4.80. The number of fused-ring (bicyclic) bond motifs is 3. The summed E-state index contributed by atoms with van der Waals surface area (Å²) in [5, 5.41) is 0. The van der Waals surface area contributed by atoms with Crippen molar-refractivity contribution < 1.29 is 0 Å². The van der Waals surface area contributed by atoms with Gasteiger partial charge >= 0.3 is 0 Å². The normalized spacial score (nSPS) is 13.1. The Bertz CT molecular complexity index is 1570. The van der Waals surface area contributed by atoms with Gasteiger partial charge in [0.05, 0.1) is 0 Å². The first kappa shape index (κ1) is 29.4. The predicted molar refractivity (Wildman–Crippen MR) is 187 cm³/mol. The van der Waals surface area contributed by atoms with Crippen molar-refractivity contribution in [2.24, 2.45) is 11.8 Å².